The molecule has 0 saturated heterocycles. The molecule has 172 valence electrons. The fourth-order valence-electron chi connectivity index (χ4n) is 2.60. The molecule has 0 aliphatic carbocycles. The van der Waals surface area contributed by atoms with Gasteiger partial charge in [-0.15, -0.1) is 13.2 Å². The SMILES string of the molecule is CCOC(=O)c1cccc(Oc2ncccc2NC(=O)Nc2ccc(OC(F)(F)F)cc2)c1. The highest BCUT2D eigenvalue weighted by Crippen LogP contribution is 2.28. The van der Waals surface area contributed by atoms with Crippen molar-refractivity contribution in [3.63, 3.8) is 0 Å². The molecule has 3 aromatic rings. The van der Waals surface area contributed by atoms with Crippen LogP contribution >= 0.6 is 0 Å². The standard InChI is InChI=1S/C22H18F3N3O5/c1-2-31-20(29)14-5-3-6-17(13-14)32-19-18(7-4-12-26-19)28-21(30)27-15-8-10-16(11-9-15)33-22(23,24)25/h3-13H,2H2,1H3,(H2,27,28,30). The quantitative estimate of drug-likeness (QED) is 0.445. The Balaban J connectivity index is 1.66. The Bertz CT molecular complexity index is 1120. The number of urea groups is 1. The van der Waals surface area contributed by atoms with Crippen molar-refractivity contribution >= 4 is 23.4 Å². The largest absolute Gasteiger partial charge is 0.573 e. The molecule has 0 aliphatic rings. The Hall–Kier alpha value is -4.28. The van der Waals surface area contributed by atoms with Crippen molar-refractivity contribution in [3.8, 4) is 17.4 Å². The minimum atomic E-state index is -4.81. The maximum absolute atomic E-state index is 12.3. The van der Waals surface area contributed by atoms with E-state index in [1.165, 1.54) is 30.5 Å². The predicted molar refractivity (Wildman–Crippen MR) is 112 cm³/mol. The molecule has 0 aliphatic heterocycles. The zero-order valence-corrected chi connectivity index (χ0v) is 17.2. The number of anilines is 2. The van der Waals surface area contributed by atoms with E-state index in [0.29, 0.717) is 5.75 Å². The molecule has 2 amide bonds. The first-order chi connectivity index (χ1) is 15.7. The van der Waals surface area contributed by atoms with Gasteiger partial charge in [0, 0.05) is 11.9 Å². The van der Waals surface area contributed by atoms with Gasteiger partial charge in [-0.25, -0.2) is 14.6 Å². The lowest BCUT2D eigenvalue weighted by Crippen LogP contribution is -2.20. The first-order valence-electron chi connectivity index (χ1n) is 9.57. The fraction of sp³-hybridized carbons (Fsp3) is 0.136. The van der Waals surface area contributed by atoms with Gasteiger partial charge in [0.2, 0.25) is 5.88 Å². The minimum absolute atomic E-state index is 0.0579. The lowest BCUT2D eigenvalue weighted by atomic mass is 10.2. The molecule has 8 nitrogen and oxygen atoms in total. The number of esters is 1. The smallest absolute Gasteiger partial charge is 0.462 e. The van der Waals surface area contributed by atoms with Gasteiger partial charge in [-0.3, -0.25) is 0 Å². The van der Waals surface area contributed by atoms with Gasteiger partial charge >= 0.3 is 18.4 Å². The van der Waals surface area contributed by atoms with Crippen molar-refractivity contribution in [1.29, 1.82) is 0 Å². The second-order valence-electron chi connectivity index (χ2n) is 6.36. The minimum Gasteiger partial charge on any atom is -0.462 e. The highest BCUT2D eigenvalue weighted by molar-refractivity contribution is 6.00. The molecule has 0 spiro atoms. The van der Waals surface area contributed by atoms with Crippen LogP contribution in [0.1, 0.15) is 17.3 Å². The van der Waals surface area contributed by atoms with Crippen LogP contribution in [0.25, 0.3) is 0 Å². The number of nitrogens with zero attached hydrogens (tertiary/aromatic N) is 1. The van der Waals surface area contributed by atoms with Gasteiger partial charge in [-0.05, 0) is 61.5 Å². The van der Waals surface area contributed by atoms with Gasteiger partial charge in [-0.1, -0.05) is 6.07 Å². The number of amides is 2. The summed E-state index contributed by atoms with van der Waals surface area (Å²) in [6.45, 7) is 1.92. The van der Waals surface area contributed by atoms with E-state index in [-0.39, 0.29) is 29.4 Å². The van der Waals surface area contributed by atoms with Crippen LogP contribution in [0.4, 0.5) is 29.3 Å². The third-order valence-corrected chi connectivity index (χ3v) is 3.92. The summed E-state index contributed by atoms with van der Waals surface area (Å²) in [5.74, 6) is -0.569. The molecule has 3 rings (SSSR count). The van der Waals surface area contributed by atoms with Crippen molar-refractivity contribution in [2.45, 2.75) is 13.3 Å². The second kappa shape index (κ2) is 10.4. The molecular weight excluding hydrogens is 443 g/mol. The summed E-state index contributed by atoms with van der Waals surface area (Å²) in [4.78, 5) is 28.3. The molecule has 0 atom stereocenters. The maximum Gasteiger partial charge on any atom is 0.573 e. The number of benzene rings is 2. The number of rotatable bonds is 7. The normalized spacial score (nSPS) is 10.8. The number of nitrogens with one attached hydrogen (secondary N) is 2. The molecule has 1 aromatic heterocycles. The lowest BCUT2D eigenvalue weighted by Gasteiger charge is -2.13. The van der Waals surface area contributed by atoms with Crippen LogP contribution in [0.3, 0.4) is 0 Å². The van der Waals surface area contributed by atoms with Gasteiger partial charge in [0.1, 0.15) is 17.2 Å². The molecule has 0 fully saturated rings. The second-order valence-corrected chi connectivity index (χ2v) is 6.36. The number of alkyl halides is 3. The van der Waals surface area contributed by atoms with E-state index in [9.17, 15) is 22.8 Å². The van der Waals surface area contributed by atoms with Crippen molar-refractivity contribution in [2.75, 3.05) is 17.2 Å². The van der Waals surface area contributed by atoms with Crippen LogP contribution in [0.5, 0.6) is 17.4 Å². The third-order valence-electron chi connectivity index (χ3n) is 3.92. The van der Waals surface area contributed by atoms with Crippen molar-refractivity contribution in [3.05, 3.63) is 72.4 Å². The number of halogens is 3. The van der Waals surface area contributed by atoms with Crippen LogP contribution in [0, 0.1) is 0 Å². The van der Waals surface area contributed by atoms with E-state index in [4.69, 9.17) is 9.47 Å². The van der Waals surface area contributed by atoms with E-state index >= 15 is 0 Å². The molecule has 11 heteroatoms. The van der Waals surface area contributed by atoms with Gasteiger partial charge in [0.15, 0.2) is 0 Å². The zero-order valence-electron chi connectivity index (χ0n) is 17.2. The number of pyridine rings is 1. The summed E-state index contributed by atoms with van der Waals surface area (Å²) in [7, 11) is 0. The summed E-state index contributed by atoms with van der Waals surface area (Å²) >= 11 is 0. The molecule has 2 aromatic carbocycles. The van der Waals surface area contributed by atoms with E-state index in [2.05, 4.69) is 20.4 Å². The molecule has 0 bridgehead atoms. The van der Waals surface area contributed by atoms with E-state index in [0.717, 1.165) is 12.1 Å². The topological polar surface area (TPSA) is 98.8 Å². The van der Waals surface area contributed by atoms with Crippen molar-refractivity contribution in [1.82, 2.24) is 4.98 Å². The first kappa shape index (κ1) is 23.4. The number of hydrogen-bond donors (Lipinski definition) is 2. The average Bonchev–Trinajstić information content (AvgIpc) is 2.76. The lowest BCUT2D eigenvalue weighted by molar-refractivity contribution is -0.274. The Kier molecular flexibility index (Phi) is 7.34. The predicted octanol–water partition coefficient (Wildman–Crippen LogP) is 5.59. The molecule has 33 heavy (non-hydrogen) atoms. The van der Waals surface area contributed by atoms with E-state index < -0.39 is 24.1 Å². The molecule has 1 heterocycles. The summed E-state index contributed by atoms with van der Waals surface area (Å²) in [5.41, 5.74) is 0.736. The molecule has 0 saturated carbocycles. The van der Waals surface area contributed by atoms with Crippen LogP contribution < -0.4 is 20.1 Å². The van der Waals surface area contributed by atoms with Gasteiger partial charge < -0.3 is 24.8 Å². The Morgan fingerprint density at radius 3 is 2.42 bits per heavy atom. The highest BCUT2D eigenvalue weighted by Gasteiger charge is 2.31. The van der Waals surface area contributed by atoms with Gasteiger partial charge in [0.25, 0.3) is 0 Å². The van der Waals surface area contributed by atoms with Gasteiger partial charge in [0.05, 0.1) is 12.2 Å². The first-order valence-corrected chi connectivity index (χ1v) is 9.57. The summed E-state index contributed by atoms with van der Waals surface area (Å²) in [6, 6.07) is 13.3. The molecule has 0 radical (unpaired) electrons. The van der Waals surface area contributed by atoms with Crippen LogP contribution in [0.15, 0.2) is 66.9 Å². The Labute approximate surface area is 186 Å². The van der Waals surface area contributed by atoms with Crippen molar-refractivity contribution in [2.24, 2.45) is 0 Å². The number of ether oxygens (including phenoxy) is 3. The summed E-state index contributed by atoms with van der Waals surface area (Å²) in [6.07, 6.45) is -3.36. The Morgan fingerprint density at radius 1 is 0.970 bits per heavy atom. The Morgan fingerprint density at radius 2 is 1.73 bits per heavy atom. The number of carbonyl (C=O) groups excluding carboxylic acids is 2. The summed E-state index contributed by atoms with van der Waals surface area (Å²) in [5, 5.41) is 5.03. The third kappa shape index (κ3) is 7.13. The average molecular weight is 461 g/mol. The van der Waals surface area contributed by atoms with E-state index in [1.54, 1.807) is 31.2 Å². The number of aromatic nitrogens is 1. The molecule has 2 N–H and O–H groups in total. The zero-order chi connectivity index (χ0) is 23.8. The van der Waals surface area contributed by atoms with Crippen LogP contribution in [-0.4, -0.2) is 30.0 Å². The molecule has 0 unspecified atom stereocenters. The van der Waals surface area contributed by atoms with Crippen LogP contribution in [-0.2, 0) is 4.74 Å². The highest BCUT2D eigenvalue weighted by atomic mass is 19.4. The molecular formula is C22H18F3N3O5. The number of carbonyl (C=O) groups is 2. The monoisotopic (exact) mass is 461 g/mol. The van der Waals surface area contributed by atoms with E-state index in [1.807, 2.05) is 0 Å². The maximum atomic E-state index is 12.3. The number of hydrogen-bond acceptors (Lipinski definition) is 6. The van der Waals surface area contributed by atoms with Crippen molar-refractivity contribution < 1.29 is 37.0 Å². The van der Waals surface area contributed by atoms with Crippen LogP contribution in [0.2, 0.25) is 0 Å². The van der Waals surface area contributed by atoms with Gasteiger partial charge in [-0.2, -0.15) is 0 Å². The summed E-state index contributed by atoms with van der Waals surface area (Å²) < 4.78 is 51.2. The fourth-order valence-corrected chi connectivity index (χ4v) is 2.60.